The van der Waals surface area contributed by atoms with Crippen molar-refractivity contribution in [3.05, 3.63) is 40.9 Å². The first kappa shape index (κ1) is 23.1. The van der Waals surface area contributed by atoms with Crippen molar-refractivity contribution < 1.29 is 13.9 Å². The molecule has 11 heteroatoms. The molecule has 0 bridgehead atoms. The lowest BCUT2D eigenvalue weighted by Crippen LogP contribution is -2.16. The number of halogens is 1. The van der Waals surface area contributed by atoms with Gasteiger partial charge in [0.25, 0.3) is 0 Å². The molecule has 2 heterocycles. The van der Waals surface area contributed by atoms with Crippen molar-refractivity contribution in [2.75, 3.05) is 11.1 Å². The first-order valence-electron chi connectivity index (χ1n) is 9.99. The Balaban J connectivity index is 1.63. The fourth-order valence-corrected chi connectivity index (χ4v) is 4.56. The van der Waals surface area contributed by atoms with Gasteiger partial charge in [-0.1, -0.05) is 30.0 Å². The molecule has 0 saturated heterocycles. The van der Waals surface area contributed by atoms with Gasteiger partial charge in [-0.05, 0) is 51.5 Å². The van der Waals surface area contributed by atoms with Gasteiger partial charge < -0.3 is 9.30 Å². The van der Waals surface area contributed by atoms with Crippen molar-refractivity contribution in [1.82, 2.24) is 25.0 Å². The molecule has 3 rings (SSSR count). The van der Waals surface area contributed by atoms with E-state index in [1.54, 1.807) is 12.1 Å². The molecule has 0 radical (unpaired) electrons. The van der Waals surface area contributed by atoms with Crippen molar-refractivity contribution in [2.45, 2.75) is 57.8 Å². The number of anilines is 1. The number of carbonyl (C=O) groups is 1. The number of hydrogen-bond donors (Lipinski definition) is 1. The number of amides is 1. The van der Waals surface area contributed by atoms with E-state index in [0.717, 1.165) is 17.8 Å². The molecule has 2 aromatic heterocycles. The van der Waals surface area contributed by atoms with Crippen molar-refractivity contribution in [1.29, 1.82) is 0 Å². The second-order valence-electron chi connectivity index (χ2n) is 7.11. The minimum Gasteiger partial charge on any atom is -0.483 e. The molecule has 1 amide bonds. The van der Waals surface area contributed by atoms with Crippen LogP contribution in [0, 0.1) is 5.82 Å². The van der Waals surface area contributed by atoms with Crippen LogP contribution < -0.4 is 10.1 Å². The number of carbonyl (C=O) groups excluding carboxylic acids is 1. The minimum absolute atomic E-state index is 0.0644. The van der Waals surface area contributed by atoms with E-state index in [4.69, 9.17) is 4.74 Å². The molecule has 3 aromatic rings. The Labute approximate surface area is 188 Å². The van der Waals surface area contributed by atoms with E-state index >= 15 is 0 Å². The SMILES string of the molecule is CCCc1nnc(NC(=O)CSc2nnc(C(C)Oc3ccc(F)cc3)n2C(C)C)s1. The number of benzene rings is 1. The molecule has 166 valence electrons. The number of ether oxygens (including phenoxy) is 1. The maximum Gasteiger partial charge on any atom is 0.236 e. The average Bonchev–Trinajstić information content (AvgIpc) is 3.35. The standard InChI is InChI=1S/C20H25FN6O2S2/c1-5-6-17-23-25-19(31-17)22-16(28)11-30-20-26-24-18(27(20)12(2)3)13(4)29-15-9-7-14(21)8-10-15/h7-10,12-13H,5-6,11H2,1-4H3,(H,22,25,28). The van der Waals surface area contributed by atoms with Crippen LogP contribution in [0.3, 0.4) is 0 Å². The van der Waals surface area contributed by atoms with Crippen molar-refractivity contribution in [3.63, 3.8) is 0 Å². The monoisotopic (exact) mass is 464 g/mol. The normalized spacial score (nSPS) is 12.2. The van der Waals surface area contributed by atoms with E-state index in [1.165, 1.54) is 35.2 Å². The Bertz CT molecular complexity index is 1010. The van der Waals surface area contributed by atoms with Gasteiger partial charge in [-0.25, -0.2) is 4.39 Å². The lowest BCUT2D eigenvalue weighted by atomic mass is 10.3. The van der Waals surface area contributed by atoms with E-state index in [1.807, 2.05) is 25.3 Å². The van der Waals surface area contributed by atoms with Gasteiger partial charge in [0, 0.05) is 12.5 Å². The highest BCUT2D eigenvalue weighted by Crippen LogP contribution is 2.28. The third-order valence-electron chi connectivity index (χ3n) is 4.21. The summed E-state index contributed by atoms with van der Waals surface area (Å²) in [7, 11) is 0. The smallest absolute Gasteiger partial charge is 0.236 e. The second-order valence-corrected chi connectivity index (χ2v) is 9.11. The third kappa shape index (κ3) is 6.23. The Morgan fingerprint density at radius 2 is 1.94 bits per heavy atom. The Hall–Kier alpha value is -2.53. The summed E-state index contributed by atoms with van der Waals surface area (Å²) in [4.78, 5) is 12.3. The summed E-state index contributed by atoms with van der Waals surface area (Å²) in [5.41, 5.74) is 0. The van der Waals surface area contributed by atoms with Gasteiger partial charge >= 0.3 is 0 Å². The molecule has 0 saturated carbocycles. The Kier molecular flexibility index (Phi) is 7.97. The fourth-order valence-electron chi connectivity index (χ4n) is 2.82. The molecular weight excluding hydrogens is 439 g/mol. The largest absolute Gasteiger partial charge is 0.483 e. The number of nitrogens with one attached hydrogen (secondary N) is 1. The summed E-state index contributed by atoms with van der Waals surface area (Å²) in [5.74, 6) is 0.841. The molecule has 1 N–H and O–H groups in total. The Morgan fingerprint density at radius 1 is 1.19 bits per heavy atom. The van der Waals surface area contributed by atoms with Crippen molar-refractivity contribution in [2.24, 2.45) is 0 Å². The van der Waals surface area contributed by atoms with E-state index in [-0.39, 0.29) is 23.5 Å². The second kappa shape index (κ2) is 10.7. The topological polar surface area (TPSA) is 94.8 Å². The van der Waals surface area contributed by atoms with E-state index < -0.39 is 6.10 Å². The van der Waals surface area contributed by atoms with E-state index in [0.29, 0.717) is 21.9 Å². The van der Waals surface area contributed by atoms with Gasteiger partial charge in [0.05, 0.1) is 5.75 Å². The van der Waals surface area contributed by atoms with Gasteiger partial charge in [0.1, 0.15) is 16.6 Å². The highest BCUT2D eigenvalue weighted by molar-refractivity contribution is 7.99. The number of aryl methyl sites for hydroxylation is 1. The molecule has 8 nitrogen and oxygen atoms in total. The molecule has 0 fully saturated rings. The molecule has 0 aliphatic carbocycles. The predicted molar refractivity (Wildman–Crippen MR) is 119 cm³/mol. The zero-order valence-corrected chi connectivity index (χ0v) is 19.5. The summed E-state index contributed by atoms with van der Waals surface area (Å²) in [6.45, 7) is 7.95. The van der Waals surface area contributed by atoms with Crippen LogP contribution >= 0.6 is 23.1 Å². The van der Waals surface area contributed by atoms with Crippen LogP contribution in [0.5, 0.6) is 5.75 Å². The number of nitrogens with zero attached hydrogens (tertiary/aromatic N) is 5. The van der Waals surface area contributed by atoms with Crippen LogP contribution in [0.1, 0.15) is 57.1 Å². The summed E-state index contributed by atoms with van der Waals surface area (Å²) < 4.78 is 21.0. The van der Waals surface area contributed by atoms with E-state index in [2.05, 4.69) is 32.6 Å². The molecule has 31 heavy (non-hydrogen) atoms. The van der Waals surface area contributed by atoms with Crippen LogP contribution in [0.4, 0.5) is 9.52 Å². The number of aromatic nitrogens is 5. The summed E-state index contributed by atoms with van der Waals surface area (Å²) in [6.07, 6.45) is 1.43. The van der Waals surface area contributed by atoms with Gasteiger partial charge in [0.15, 0.2) is 17.1 Å². The lowest BCUT2D eigenvalue weighted by Gasteiger charge is -2.18. The quantitative estimate of drug-likeness (QED) is 0.436. The fraction of sp³-hybridized carbons (Fsp3) is 0.450. The average molecular weight is 465 g/mol. The summed E-state index contributed by atoms with van der Waals surface area (Å²) in [5, 5.41) is 21.4. The number of thioether (sulfide) groups is 1. The number of hydrogen-bond acceptors (Lipinski definition) is 8. The Morgan fingerprint density at radius 3 is 2.61 bits per heavy atom. The van der Waals surface area contributed by atoms with Crippen molar-refractivity contribution >= 4 is 34.1 Å². The maximum absolute atomic E-state index is 13.1. The lowest BCUT2D eigenvalue weighted by molar-refractivity contribution is -0.113. The number of rotatable bonds is 10. The van der Waals surface area contributed by atoms with Gasteiger partial charge in [0.2, 0.25) is 11.0 Å². The van der Waals surface area contributed by atoms with E-state index in [9.17, 15) is 9.18 Å². The molecule has 0 spiro atoms. The first-order chi connectivity index (χ1) is 14.9. The molecule has 1 atom stereocenters. The first-order valence-corrected chi connectivity index (χ1v) is 11.8. The van der Waals surface area contributed by atoms with Crippen LogP contribution in [0.15, 0.2) is 29.4 Å². The van der Waals surface area contributed by atoms with Crippen molar-refractivity contribution in [3.8, 4) is 5.75 Å². The summed E-state index contributed by atoms with van der Waals surface area (Å²) in [6, 6.07) is 5.90. The van der Waals surface area contributed by atoms with Crippen LogP contribution in [-0.4, -0.2) is 36.6 Å². The third-order valence-corrected chi connectivity index (χ3v) is 6.05. The predicted octanol–water partition coefficient (Wildman–Crippen LogP) is 4.67. The zero-order valence-electron chi connectivity index (χ0n) is 17.8. The van der Waals surface area contributed by atoms with Gasteiger partial charge in [-0.2, -0.15) is 0 Å². The molecule has 0 aliphatic rings. The maximum atomic E-state index is 13.1. The summed E-state index contributed by atoms with van der Waals surface area (Å²) >= 11 is 2.68. The van der Waals surface area contributed by atoms with Gasteiger partial charge in [-0.15, -0.1) is 20.4 Å². The molecular formula is C20H25FN6O2S2. The van der Waals surface area contributed by atoms with Crippen LogP contribution in [0.25, 0.3) is 0 Å². The highest BCUT2D eigenvalue weighted by Gasteiger charge is 2.22. The minimum atomic E-state index is -0.401. The van der Waals surface area contributed by atoms with Crippen LogP contribution in [0.2, 0.25) is 0 Å². The van der Waals surface area contributed by atoms with Crippen LogP contribution in [-0.2, 0) is 11.2 Å². The highest BCUT2D eigenvalue weighted by atomic mass is 32.2. The molecule has 1 unspecified atom stereocenters. The zero-order chi connectivity index (χ0) is 22.4. The van der Waals surface area contributed by atoms with Gasteiger partial charge in [-0.3, -0.25) is 10.1 Å². The molecule has 1 aromatic carbocycles. The molecule has 0 aliphatic heterocycles.